The summed E-state index contributed by atoms with van der Waals surface area (Å²) in [6.07, 6.45) is 9.85. The first-order valence-electron chi connectivity index (χ1n) is 4.46. The van der Waals surface area contributed by atoms with Crippen LogP contribution in [0.3, 0.4) is 0 Å². The molecule has 0 atom stereocenters. The van der Waals surface area contributed by atoms with Gasteiger partial charge in [-0.2, -0.15) is 0 Å². The summed E-state index contributed by atoms with van der Waals surface area (Å²) in [6, 6.07) is 0. The Morgan fingerprint density at radius 1 is 1.25 bits per heavy atom. The normalized spacial score (nSPS) is 9.33. The van der Waals surface area contributed by atoms with Crippen LogP contribution in [-0.2, 0) is 4.79 Å². The second-order valence-corrected chi connectivity index (χ2v) is 2.84. The third-order valence-electron chi connectivity index (χ3n) is 1.71. The summed E-state index contributed by atoms with van der Waals surface area (Å²) in [4.78, 5) is 11.0. The lowest BCUT2D eigenvalue weighted by Gasteiger charge is -1.97. The Morgan fingerprint density at radius 3 is 2.58 bits per heavy atom. The quantitative estimate of drug-likeness (QED) is 0.461. The van der Waals surface area contributed by atoms with Gasteiger partial charge >= 0.3 is 0 Å². The molecule has 0 aromatic heterocycles. The second-order valence-electron chi connectivity index (χ2n) is 2.84. The summed E-state index contributed by atoms with van der Waals surface area (Å²) >= 11 is 0. The van der Waals surface area contributed by atoms with Gasteiger partial charge in [-0.15, -0.1) is 12.3 Å². The van der Waals surface area contributed by atoms with Crippen molar-refractivity contribution >= 4 is 5.78 Å². The molecule has 0 aromatic rings. The first-order valence-corrected chi connectivity index (χ1v) is 4.46. The molecule has 0 spiro atoms. The van der Waals surface area contributed by atoms with Gasteiger partial charge in [0.15, 0.2) is 0 Å². The van der Waals surface area contributed by atoms with Crippen LogP contribution in [-0.4, -0.2) is 12.3 Å². The Morgan fingerprint density at radius 2 is 2.00 bits per heavy atom. The molecule has 2 N–H and O–H groups in total. The van der Waals surface area contributed by atoms with Gasteiger partial charge in [0.25, 0.3) is 0 Å². The molecule has 0 rings (SSSR count). The number of Topliss-reactive ketones (excluding diaryl/α,β-unsaturated/α-hetero) is 1. The Hall–Kier alpha value is -0.810. The first-order chi connectivity index (χ1) is 5.81. The Bertz CT molecular complexity index is 158. The average Bonchev–Trinajstić information content (AvgIpc) is 2.09. The molecule has 0 heterocycles. The predicted molar refractivity (Wildman–Crippen MR) is 50.6 cm³/mol. The minimum absolute atomic E-state index is 0.282. The average molecular weight is 167 g/mol. The molecule has 2 nitrogen and oxygen atoms in total. The van der Waals surface area contributed by atoms with Gasteiger partial charge in [-0.1, -0.05) is 6.42 Å². The summed E-state index contributed by atoms with van der Waals surface area (Å²) in [7, 11) is 0. The fraction of sp³-hybridized carbons (Fsp3) is 0.700. The number of hydrogen-bond acceptors (Lipinski definition) is 2. The standard InChI is InChI=1S/C10H17NO/c1-2-3-7-10(12)8-5-4-6-9-11/h1H,3-9,11H2. The van der Waals surface area contributed by atoms with Gasteiger partial charge < -0.3 is 5.73 Å². The topological polar surface area (TPSA) is 43.1 Å². The summed E-state index contributed by atoms with van der Waals surface area (Å²) < 4.78 is 0. The summed E-state index contributed by atoms with van der Waals surface area (Å²) in [6.45, 7) is 0.721. The molecule has 0 aliphatic rings. The number of nitrogens with two attached hydrogens (primary N) is 1. The lowest BCUT2D eigenvalue weighted by Crippen LogP contribution is -2.00. The van der Waals surface area contributed by atoms with Gasteiger partial charge in [0.2, 0.25) is 0 Å². The van der Waals surface area contributed by atoms with Crippen molar-refractivity contribution in [1.82, 2.24) is 0 Å². The molecule has 0 saturated carbocycles. The zero-order chi connectivity index (χ0) is 9.23. The molecule has 12 heavy (non-hydrogen) atoms. The largest absolute Gasteiger partial charge is 0.330 e. The predicted octanol–water partition coefficient (Wildman–Crippen LogP) is 1.49. The fourth-order valence-electron chi connectivity index (χ4n) is 0.980. The van der Waals surface area contributed by atoms with Crippen molar-refractivity contribution in [3.05, 3.63) is 0 Å². The Labute approximate surface area is 74.5 Å². The number of unbranched alkanes of at least 4 members (excludes halogenated alkanes) is 2. The number of rotatable bonds is 7. The number of ketones is 1. The van der Waals surface area contributed by atoms with Crippen LogP contribution in [0.4, 0.5) is 0 Å². The van der Waals surface area contributed by atoms with Crippen molar-refractivity contribution in [3.63, 3.8) is 0 Å². The highest BCUT2D eigenvalue weighted by Crippen LogP contribution is 2.02. The molecule has 0 aliphatic carbocycles. The minimum atomic E-state index is 0.282. The van der Waals surface area contributed by atoms with Crippen LogP contribution in [0.1, 0.15) is 38.5 Å². The van der Waals surface area contributed by atoms with E-state index < -0.39 is 0 Å². The second kappa shape index (κ2) is 8.29. The monoisotopic (exact) mass is 167 g/mol. The highest BCUT2D eigenvalue weighted by Gasteiger charge is 1.99. The number of hydrogen-bond donors (Lipinski definition) is 1. The van der Waals surface area contributed by atoms with E-state index in [-0.39, 0.29) is 5.78 Å². The third kappa shape index (κ3) is 7.30. The molecule has 0 bridgehead atoms. The molecular weight excluding hydrogens is 150 g/mol. The highest BCUT2D eigenvalue weighted by atomic mass is 16.1. The maximum Gasteiger partial charge on any atom is 0.133 e. The van der Waals surface area contributed by atoms with E-state index in [1.165, 1.54) is 0 Å². The highest BCUT2D eigenvalue weighted by molar-refractivity contribution is 5.78. The van der Waals surface area contributed by atoms with Gasteiger partial charge in [0.05, 0.1) is 0 Å². The van der Waals surface area contributed by atoms with Crippen molar-refractivity contribution < 1.29 is 4.79 Å². The van der Waals surface area contributed by atoms with Gasteiger partial charge in [0, 0.05) is 19.3 Å². The Kier molecular flexibility index (Phi) is 7.73. The van der Waals surface area contributed by atoms with E-state index >= 15 is 0 Å². The lowest BCUT2D eigenvalue weighted by molar-refractivity contribution is -0.119. The van der Waals surface area contributed by atoms with Crippen LogP contribution in [0.5, 0.6) is 0 Å². The molecule has 0 aliphatic heterocycles. The van der Waals surface area contributed by atoms with E-state index in [0.29, 0.717) is 19.3 Å². The smallest absolute Gasteiger partial charge is 0.133 e. The van der Waals surface area contributed by atoms with Crippen molar-refractivity contribution in [1.29, 1.82) is 0 Å². The van der Waals surface area contributed by atoms with E-state index in [9.17, 15) is 4.79 Å². The molecule has 68 valence electrons. The van der Waals surface area contributed by atoms with Gasteiger partial charge in [-0.05, 0) is 19.4 Å². The zero-order valence-electron chi connectivity index (χ0n) is 7.51. The lowest BCUT2D eigenvalue weighted by atomic mass is 10.1. The van der Waals surface area contributed by atoms with Crippen molar-refractivity contribution in [2.45, 2.75) is 38.5 Å². The van der Waals surface area contributed by atoms with Gasteiger partial charge in [0.1, 0.15) is 5.78 Å². The third-order valence-corrected chi connectivity index (χ3v) is 1.71. The SMILES string of the molecule is C#CCCC(=O)CCCCCN. The number of carbonyl (C=O) groups is 1. The maximum absolute atomic E-state index is 11.0. The molecule has 0 radical (unpaired) electrons. The first kappa shape index (κ1) is 11.2. The van der Waals surface area contributed by atoms with E-state index in [4.69, 9.17) is 12.2 Å². The molecule has 0 amide bonds. The molecular formula is C10H17NO. The van der Waals surface area contributed by atoms with E-state index in [1.54, 1.807) is 0 Å². The fourth-order valence-corrected chi connectivity index (χ4v) is 0.980. The summed E-state index contributed by atoms with van der Waals surface area (Å²) in [5.74, 6) is 2.74. The van der Waals surface area contributed by atoms with Crippen molar-refractivity contribution in [2.24, 2.45) is 5.73 Å². The van der Waals surface area contributed by atoms with E-state index in [1.807, 2.05) is 0 Å². The molecule has 0 unspecified atom stereocenters. The van der Waals surface area contributed by atoms with Crippen LogP contribution in [0.2, 0.25) is 0 Å². The summed E-state index contributed by atoms with van der Waals surface area (Å²) in [5.41, 5.74) is 5.31. The minimum Gasteiger partial charge on any atom is -0.330 e. The number of terminal acetylenes is 1. The van der Waals surface area contributed by atoms with Crippen LogP contribution in [0.15, 0.2) is 0 Å². The van der Waals surface area contributed by atoms with E-state index in [0.717, 1.165) is 25.8 Å². The van der Waals surface area contributed by atoms with Crippen molar-refractivity contribution in [2.75, 3.05) is 6.54 Å². The molecule has 0 aromatic carbocycles. The zero-order valence-corrected chi connectivity index (χ0v) is 7.51. The summed E-state index contributed by atoms with van der Waals surface area (Å²) in [5, 5.41) is 0. The van der Waals surface area contributed by atoms with Crippen LogP contribution < -0.4 is 5.73 Å². The molecule has 2 heteroatoms. The van der Waals surface area contributed by atoms with E-state index in [2.05, 4.69) is 5.92 Å². The van der Waals surface area contributed by atoms with Crippen LogP contribution in [0.25, 0.3) is 0 Å². The Balaban J connectivity index is 3.15. The van der Waals surface area contributed by atoms with Gasteiger partial charge in [-0.3, -0.25) is 4.79 Å². The molecule has 0 fully saturated rings. The maximum atomic E-state index is 11.0. The van der Waals surface area contributed by atoms with Crippen LogP contribution in [0, 0.1) is 12.3 Å². The van der Waals surface area contributed by atoms with Gasteiger partial charge in [-0.25, -0.2) is 0 Å². The molecule has 0 saturated heterocycles. The van der Waals surface area contributed by atoms with Crippen molar-refractivity contribution in [3.8, 4) is 12.3 Å². The number of carbonyl (C=O) groups excluding carboxylic acids is 1. The van der Waals surface area contributed by atoms with Crippen LogP contribution >= 0.6 is 0 Å².